The fourth-order valence-corrected chi connectivity index (χ4v) is 4.76. The van der Waals surface area contributed by atoms with Crippen molar-refractivity contribution in [3.8, 4) is 5.75 Å². The van der Waals surface area contributed by atoms with E-state index in [1.54, 1.807) is 30.7 Å². The topological polar surface area (TPSA) is 53.3 Å². The summed E-state index contributed by atoms with van der Waals surface area (Å²) in [5, 5.41) is 0.286. The highest BCUT2D eigenvalue weighted by molar-refractivity contribution is 7.98. The molecule has 194 valence electrons. The number of hydrogen-bond donors (Lipinski definition) is 0. The van der Waals surface area contributed by atoms with Crippen LogP contribution in [0.4, 0.5) is 22.0 Å². The van der Waals surface area contributed by atoms with Crippen LogP contribution < -0.4 is 4.74 Å². The summed E-state index contributed by atoms with van der Waals surface area (Å²) in [5.41, 5.74) is 1.34. The lowest BCUT2D eigenvalue weighted by molar-refractivity contribution is 0.0526. The van der Waals surface area contributed by atoms with E-state index in [0.717, 1.165) is 17.3 Å². The van der Waals surface area contributed by atoms with Crippen molar-refractivity contribution in [2.45, 2.75) is 30.8 Å². The summed E-state index contributed by atoms with van der Waals surface area (Å²) < 4.78 is 81.2. The molecule has 37 heavy (non-hydrogen) atoms. The Morgan fingerprint density at radius 1 is 0.946 bits per heavy atom. The summed E-state index contributed by atoms with van der Waals surface area (Å²) in [6.07, 6.45) is 0.547. The van der Waals surface area contributed by atoms with E-state index in [4.69, 9.17) is 9.47 Å². The molecule has 0 spiro atoms. The second-order valence-corrected chi connectivity index (χ2v) is 8.85. The predicted molar refractivity (Wildman–Crippen MR) is 128 cm³/mol. The summed E-state index contributed by atoms with van der Waals surface area (Å²) in [6.45, 7) is 2.26. The van der Waals surface area contributed by atoms with Crippen LogP contribution in [-0.2, 0) is 23.5 Å². The standard InChI is InChI=1S/C26H21F5N2O3S/c1-3-36-25(34)15-6-9-19-18(12-15)32-26(33(19)11-10-14-4-7-16(35-2)8-5-14)37-13-17-20(27)22(29)24(31)23(30)21(17)28/h4-9,12H,3,10-11,13H2,1-2H3. The largest absolute Gasteiger partial charge is 0.497 e. The van der Waals surface area contributed by atoms with Gasteiger partial charge in [-0.1, -0.05) is 23.9 Å². The van der Waals surface area contributed by atoms with Gasteiger partial charge in [0.2, 0.25) is 5.82 Å². The molecule has 0 aliphatic carbocycles. The van der Waals surface area contributed by atoms with E-state index in [0.29, 0.717) is 29.7 Å². The van der Waals surface area contributed by atoms with Gasteiger partial charge in [-0.05, 0) is 49.2 Å². The molecule has 0 aliphatic heterocycles. The molecule has 0 amide bonds. The molecule has 0 unspecified atom stereocenters. The maximum Gasteiger partial charge on any atom is 0.338 e. The summed E-state index contributed by atoms with van der Waals surface area (Å²) in [7, 11) is 1.56. The second-order valence-electron chi connectivity index (χ2n) is 7.91. The Labute approximate surface area is 213 Å². The Morgan fingerprint density at radius 3 is 2.22 bits per heavy atom. The van der Waals surface area contributed by atoms with Crippen molar-refractivity contribution in [2.24, 2.45) is 0 Å². The fraction of sp³-hybridized carbons (Fsp3) is 0.231. The monoisotopic (exact) mass is 536 g/mol. The van der Waals surface area contributed by atoms with Crippen LogP contribution in [0, 0.1) is 29.1 Å². The SMILES string of the molecule is CCOC(=O)c1ccc2c(c1)nc(SCc1c(F)c(F)c(F)c(F)c1F)n2CCc1ccc(OC)cc1. The molecular formula is C26H21F5N2O3S. The van der Waals surface area contributed by atoms with Crippen LogP contribution >= 0.6 is 11.8 Å². The molecule has 3 aromatic carbocycles. The lowest BCUT2D eigenvalue weighted by Crippen LogP contribution is -2.07. The van der Waals surface area contributed by atoms with E-state index in [2.05, 4.69) is 4.98 Å². The number of ether oxygens (including phenoxy) is 2. The average Bonchev–Trinajstić information content (AvgIpc) is 3.26. The minimum absolute atomic E-state index is 0.191. The van der Waals surface area contributed by atoms with Gasteiger partial charge in [0.1, 0.15) is 5.75 Å². The zero-order valence-corrected chi connectivity index (χ0v) is 20.6. The fourth-order valence-electron chi connectivity index (χ4n) is 3.72. The molecule has 0 bridgehead atoms. The molecule has 5 nitrogen and oxygen atoms in total. The van der Waals surface area contributed by atoms with Gasteiger partial charge in [0.15, 0.2) is 28.4 Å². The zero-order chi connectivity index (χ0) is 26.7. The first-order valence-electron chi connectivity index (χ1n) is 11.2. The van der Waals surface area contributed by atoms with Gasteiger partial charge in [-0.25, -0.2) is 31.7 Å². The second kappa shape index (κ2) is 11.2. The van der Waals surface area contributed by atoms with Crippen molar-refractivity contribution < 1.29 is 36.2 Å². The highest BCUT2D eigenvalue weighted by Gasteiger charge is 2.26. The van der Waals surface area contributed by atoms with E-state index in [9.17, 15) is 26.7 Å². The predicted octanol–water partition coefficient (Wildman–Crippen LogP) is 6.45. The van der Waals surface area contributed by atoms with Crippen LogP contribution in [0.3, 0.4) is 0 Å². The number of nitrogens with zero attached hydrogens (tertiary/aromatic N) is 2. The molecule has 4 aromatic rings. The van der Waals surface area contributed by atoms with Gasteiger partial charge < -0.3 is 14.0 Å². The molecule has 0 radical (unpaired) electrons. The minimum Gasteiger partial charge on any atom is -0.497 e. The number of methoxy groups -OCH3 is 1. The maximum absolute atomic E-state index is 14.2. The maximum atomic E-state index is 14.2. The van der Waals surface area contributed by atoms with Crippen molar-refractivity contribution in [3.63, 3.8) is 0 Å². The van der Waals surface area contributed by atoms with Crippen LogP contribution in [-0.4, -0.2) is 29.2 Å². The summed E-state index contributed by atoms with van der Waals surface area (Å²) in [6, 6.07) is 12.2. The number of carbonyl (C=O) groups excluding carboxylic acids is 1. The third kappa shape index (κ3) is 5.41. The minimum atomic E-state index is -2.21. The quantitative estimate of drug-likeness (QED) is 0.0809. The number of thioether (sulfide) groups is 1. The Kier molecular flexibility index (Phi) is 8.01. The molecule has 1 aromatic heterocycles. The Balaban J connectivity index is 1.69. The third-order valence-corrected chi connectivity index (χ3v) is 6.66. The molecule has 0 N–H and O–H groups in total. The van der Waals surface area contributed by atoms with Crippen LogP contribution in [0.5, 0.6) is 5.75 Å². The van der Waals surface area contributed by atoms with Crippen LogP contribution in [0.25, 0.3) is 11.0 Å². The van der Waals surface area contributed by atoms with E-state index in [-0.39, 0.29) is 17.3 Å². The first kappa shape index (κ1) is 26.5. The first-order valence-corrected chi connectivity index (χ1v) is 12.2. The molecule has 1 heterocycles. The van der Waals surface area contributed by atoms with Crippen molar-refractivity contribution in [3.05, 3.63) is 88.2 Å². The van der Waals surface area contributed by atoms with Crippen molar-refractivity contribution in [1.29, 1.82) is 0 Å². The number of halogens is 5. The highest BCUT2D eigenvalue weighted by atomic mass is 32.2. The van der Waals surface area contributed by atoms with Gasteiger partial charge in [-0.3, -0.25) is 0 Å². The summed E-state index contributed by atoms with van der Waals surface area (Å²) in [4.78, 5) is 16.6. The van der Waals surface area contributed by atoms with Gasteiger partial charge in [-0.15, -0.1) is 0 Å². The number of imidazole rings is 1. The van der Waals surface area contributed by atoms with Crippen molar-refractivity contribution >= 4 is 28.8 Å². The zero-order valence-electron chi connectivity index (χ0n) is 19.8. The van der Waals surface area contributed by atoms with Gasteiger partial charge in [0, 0.05) is 17.9 Å². The number of hydrogen-bond acceptors (Lipinski definition) is 5. The molecule has 0 fully saturated rings. The van der Waals surface area contributed by atoms with Crippen LogP contribution in [0.1, 0.15) is 28.4 Å². The number of aromatic nitrogens is 2. The van der Waals surface area contributed by atoms with Gasteiger partial charge in [0.05, 0.1) is 30.3 Å². The highest BCUT2D eigenvalue weighted by Crippen LogP contribution is 2.32. The van der Waals surface area contributed by atoms with E-state index in [1.807, 2.05) is 24.3 Å². The molecule has 4 rings (SSSR count). The third-order valence-electron chi connectivity index (χ3n) is 5.65. The Hall–Kier alpha value is -3.60. The Morgan fingerprint density at radius 2 is 1.59 bits per heavy atom. The lowest BCUT2D eigenvalue weighted by Gasteiger charge is -2.11. The number of fused-ring (bicyclic) bond motifs is 1. The van der Waals surface area contributed by atoms with E-state index >= 15 is 0 Å². The average molecular weight is 537 g/mol. The van der Waals surface area contributed by atoms with E-state index < -0.39 is 46.4 Å². The van der Waals surface area contributed by atoms with Gasteiger partial charge >= 0.3 is 5.97 Å². The van der Waals surface area contributed by atoms with Crippen molar-refractivity contribution in [2.75, 3.05) is 13.7 Å². The van der Waals surface area contributed by atoms with Crippen molar-refractivity contribution in [1.82, 2.24) is 9.55 Å². The van der Waals surface area contributed by atoms with Gasteiger partial charge in [0.25, 0.3) is 0 Å². The molecule has 0 saturated heterocycles. The van der Waals surface area contributed by atoms with Crippen LogP contribution in [0.2, 0.25) is 0 Å². The van der Waals surface area contributed by atoms with Gasteiger partial charge in [-0.2, -0.15) is 0 Å². The smallest absolute Gasteiger partial charge is 0.338 e. The number of aryl methyl sites for hydroxylation is 2. The molecular weight excluding hydrogens is 515 g/mol. The number of carbonyl (C=O) groups is 1. The molecule has 11 heteroatoms. The number of esters is 1. The molecule has 0 atom stereocenters. The van der Waals surface area contributed by atoms with Crippen LogP contribution in [0.15, 0.2) is 47.6 Å². The summed E-state index contributed by atoms with van der Waals surface area (Å²) in [5.74, 6) is -10.4. The first-order chi connectivity index (χ1) is 17.7. The molecule has 0 aliphatic rings. The molecule has 0 saturated carbocycles. The number of rotatable bonds is 9. The Bertz CT molecular complexity index is 1430. The number of benzene rings is 3. The van der Waals surface area contributed by atoms with E-state index in [1.165, 1.54) is 6.07 Å². The normalized spacial score (nSPS) is 11.2. The summed E-state index contributed by atoms with van der Waals surface area (Å²) >= 11 is 0.823. The lowest BCUT2D eigenvalue weighted by atomic mass is 10.1.